The Hall–Kier alpha value is -2.08. The number of fused-ring (bicyclic) bond motifs is 1. The number of anilines is 2. The Morgan fingerprint density at radius 3 is 2.81 bits per heavy atom. The summed E-state index contributed by atoms with van der Waals surface area (Å²) in [7, 11) is 0. The van der Waals surface area contributed by atoms with Gasteiger partial charge in [0.2, 0.25) is 5.91 Å². The summed E-state index contributed by atoms with van der Waals surface area (Å²) in [5.41, 5.74) is 0.823. The number of nitrogens with one attached hydrogen (secondary N) is 1. The van der Waals surface area contributed by atoms with Crippen molar-refractivity contribution in [2.75, 3.05) is 30.0 Å². The number of nitrogens with zero attached hydrogens (tertiary/aromatic N) is 1. The highest BCUT2D eigenvalue weighted by atomic mass is 16.5. The molecule has 27 heavy (non-hydrogen) atoms. The molecule has 148 valence electrons. The van der Waals surface area contributed by atoms with Crippen molar-refractivity contribution in [1.29, 1.82) is 0 Å². The summed E-state index contributed by atoms with van der Waals surface area (Å²) in [6, 6.07) is 5.49. The Morgan fingerprint density at radius 2 is 2.15 bits per heavy atom. The lowest BCUT2D eigenvalue weighted by Gasteiger charge is -2.28. The van der Waals surface area contributed by atoms with E-state index >= 15 is 0 Å². The van der Waals surface area contributed by atoms with Gasteiger partial charge in [0.25, 0.3) is 5.91 Å². The van der Waals surface area contributed by atoms with Gasteiger partial charge >= 0.3 is 0 Å². The topological polar surface area (TPSA) is 67.9 Å². The van der Waals surface area contributed by atoms with Crippen LogP contribution in [-0.2, 0) is 14.3 Å². The number of ether oxygens (including phenoxy) is 2. The molecule has 1 aromatic rings. The maximum atomic E-state index is 13.0. The van der Waals surface area contributed by atoms with Crippen molar-refractivity contribution in [3.05, 3.63) is 18.2 Å². The molecule has 2 aliphatic heterocycles. The van der Waals surface area contributed by atoms with E-state index in [-0.39, 0.29) is 17.9 Å². The Balaban J connectivity index is 1.84. The van der Waals surface area contributed by atoms with Crippen molar-refractivity contribution in [2.24, 2.45) is 11.3 Å². The van der Waals surface area contributed by atoms with Gasteiger partial charge in [-0.3, -0.25) is 9.59 Å². The maximum absolute atomic E-state index is 13.0. The number of benzene rings is 1. The molecule has 3 rings (SSSR count). The molecular weight excluding hydrogens is 344 g/mol. The van der Waals surface area contributed by atoms with Gasteiger partial charge in [0.15, 0.2) is 0 Å². The van der Waals surface area contributed by atoms with Crippen LogP contribution >= 0.6 is 0 Å². The fourth-order valence-electron chi connectivity index (χ4n) is 3.34. The molecule has 2 aliphatic rings. The molecule has 1 atom stereocenters. The Morgan fingerprint density at radius 1 is 1.37 bits per heavy atom. The van der Waals surface area contributed by atoms with E-state index in [2.05, 4.69) is 19.2 Å². The van der Waals surface area contributed by atoms with E-state index in [0.29, 0.717) is 37.1 Å². The first-order chi connectivity index (χ1) is 12.8. The molecule has 0 radical (unpaired) electrons. The molecule has 6 heteroatoms. The Bertz CT molecular complexity index is 708. The van der Waals surface area contributed by atoms with Gasteiger partial charge < -0.3 is 19.7 Å². The lowest BCUT2D eigenvalue weighted by Crippen LogP contribution is -2.42. The minimum absolute atomic E-state index is 0.0676. The standard InChI is InChI=1S/C21H30N2O4/c1-14(2)9-10-23-16-8-7-15(22-19(24)17-6-5-11-26-17)12-18(16)27-13-21(3,4)20(23)25/h7-8,12,14,17H,5-6,9-11,13H2,1-4H3,(H,22,24). The van der Waals surface area contributed by atoms with Crippen LogP contribution in [0.2, 0.25) is 0 Å². The van der Waals surface area contributed by atoms with E-state index in [0.717, 1.165) is 24.9 Å². The minimum atomic E-state index is -0.600. The van der Waals surface area contributed by atoms with Crippen molar-refractivity contribution >= 4 is 23.2 Å². The zero-order valence-electron chi connectivity index (χ0n) is 16.7. The molecule has 0 spiro atoms. The van der Waals surface area contributed by atoms with Gasteiger partial charge in [0, 0.05) is 24.9 Å². The fraction of sp³-hybridized carbons (Fsp3) is 0.619. The third-order valence-corrected chi connectivity index (χ3v) is 5.08. The second kappa shape index (κ2) is 7.89. The van der Waals surface area contributed by atoms with E-state index in [1.54, 1.807) is 6.07 Å². The van der Waals surface area contributed by atoms with Crippen LogP contribution in [0.15, 0.2) is 18.2 Å². The number of carbonyl (C=O) groups is 2. The fourth-order valence-corrected chi connectivity index (χ4v) is 3.34. The average Bonchev–Trinajstić information content (AvgIpc) is 3.13. The molecule has 1 saturated heterocycles. The average molecular weight is 374 g/mol. The Labute approximate surface area is 161 Å². The summed E-state index contributed by atoms with van der Waals surface area (Å²) >= 11 is 0. The normalized spacial score (nSPS) is 21.6. The Kier molecular flexibility index (Phi) is 5.75. The second-order valence-corrected chi connectivity index (χ2v) is 8.49. The smallest absolute Gasteiger partial charge is 0.253 e. The van der Waals surface area contributed by atoms with Crippen LogP contribution in [0.1, 0.15) is 47.0 Å². The van der Waals surface area contributed by atoms with Crippen molar-refractivity contribution in [2.45, 2.75) is 53.1 Å². The van der Waals surface area contributed by atoms with Gasteiger partial charge in [-0.1, -0.05) is 13.8 Å². The zero-order valence-corrected chi connectivity index (χ0v) is 16.7. The van der Waals surface area contributed by atoms with E-state index in [1.165, 1.54) is 0 Å². The van der Waals surface area contributed by atoms with Crippen molar-refractivity contribution in [3.63, 3.8) is 0 Å². The van der Waals surface area contributed by atoms with Gasteiger partial charge in [0.05, 0.1) is 11.1 Å². The molecule has 0 aliphatic carbocycles. The van der Waals surface area contributed by atoms with Crippen molar-refractivity contribution in [3.8, 4) is 5.75 Å². The third kappa shape index (κ3) is 4.43. The lowest BCUT2D eigenvalue weighted by atomic mass is 9.92. The van der Waals surface area contributed by atoms with Crippen molar-refractivity contribution < 1.29 is 19.1 Å². The first-order valence-corrected chi connectivity index (χ1v) is 9.79. The summed E-state index contributed by atoms with van der Waals surface area (Å²) < 4.78 is 11.4. The van der Waals surface area contributed by atoms with Gasteiger partial charge in [0.1, 0.15) is 18.5 Å². The van der Waals surface area contributed by atoms with Crippen LogP contribution in [0.3, 0.4) is 0 Å². The summed E-state index contributed by atoms with van der Waals surface area (Å²) in [6.07, 6.45) is 2.19. The quantitative estimate of drug-likeness (QED) is 0.855. The van der Waals surface area contributed by atoms with E-state index in [4.69, 9.17) is 9.47 Å². The van der Waals surface area contributed by atoms with Gasteiger partial charge in [-0.05, 0) is 51.2 Å². The van der Waals surface area contributed by atoms with Crippen LogP contribution in [-0.4, -0.2) is 37.7 Å². The third-order valence-electron chi connectivity index (χ3n) is 5.08. The van der Waals surface area contributed by atoms with Crippen LogP contribution in [0.5, 0.6) is 5.75 Å². The number of rotatable bonds is 5. The van der Waals surface area contributed by atoms with E-state index in [9.17, 15) is 9.59 Å². The van der Waals surface area contributed by atoms with Gasteiger partial charge in [-0.25, -0.2) is 0 Å². The number of amides is 2. The molecular formula is C21H30N2O4. The summed E-state index contributed by atoms with van der Waals surface area (Å²) in [6.45, 7) is 9.70. The van der Waals surface area contributed by atoms with Gasteiger partial charge in [-0.15, -0.1) is 0 Å². The lowest BCUT2D eigenvalue weighted by molar-refractivity contribution is -0.127. The van der Waals surface area contributed by atoms with Crippen LogP contribution in [0.25, 0.3) is 0 Å². The minimum Gasteiger partial charge on any atom is -0.490 e. The highest BCUT2D eigenvalue weighted by Gasteiger charge is 2.37. The first-order valence-electron chi connectivity index (χ1n) is 9.79. The maximum Gasteiger partial charge on any atom is 0.253 e. The molecule has 6 nitrogen and oxygen atoms in total. The van der Waals surface area contributed by atoms with Crippen molar-refractivity contribution in [1.82, 2.24) is 0 Å². The van der Waals surface area contributed by atoms with Gasteiger partial charge in [-0.2, -0.15) is 0 Å². The molecule has 0 saturated carbocycles. The molecule has 2 heterocycles. The van der Waals surface area contributed by atoms with Crippen LogP contribution in [0, 0.1) is 11.3 Å². The summed E-state index contributed by atoms with van der Waals surface area (Å²) in [5.74, 6) is 1.06. The van der Waals surface area contributed by atoms with E-state index in [1.807, 2.05) is 30.9 Å². The number of hydrogen-bond donors (Lipinski definition) is 1. The molecule has 1 fully saturated rings. The highest BCUT2D eigenvalue weighted by molar-refractivity contribution is 6.00. The second-order valence-electron chi connectivity index (χ2n) is 8.49. The predicted molar refractivity (Wildman–Crippen MR) is 105 cm³/mol. The molecule has 1 unspecified atom stereocenters. The van der Waals surface area contributed by atoms with Crippen LogP contribution < -0.4 is 15.0 Å². The zero-order chi connectivity index (χ0) is 19.6. The SMILES string of the molecule is CC(C)CCN1C(=O)C(C)(C)COc2cc(NC(=O)C3CCCO3)ccc21. The number of carbonyl (C=O) groups excluding carboxylic acids is 2. The molecule has 1 aromatic carbocycles. The summed E-state index contributed by atoms with van der Waals surface area (Å²) in [4.78, 5) is 27.2. The predicted octanol–water partition coefficient (Wildman–Crippen LogP) is 3.60. The van der Waals surface area contributed by atoms with E-state index < -0.39 is 5.41 Å². The molecule has 0 bridgehead atoms. The molecule has 0 aromatic heterocycles. The van der Waals surface area contributed by atoms with Crippen LogP contribution in [0.4, 0.5) is 11.4 Å². The monoisotopic (exact) mass is 374 g/mol. The molecule has 2 amide bonds. The first kappa shape index (κ1) is 19.7. The number of hydrogen-bond acceptors (Lipinski definition) is 4. The molecule has 1 N–H and O–H groups in total. The highest BCUT2D eigenvalue weighted by Crippen LogP contribution is 2.38. The summed E-state index contributed by atoms with van der Waals surface area (Å²) in [5, 5.41) is 2.90. The largest absolute Gasteiger partial charge is 0.490 e.